The molecule has 0 spiro atoms. The third-order valence-corrected chi connectivity index (χ3v) is 5.35. The second kappa shape index (κ2) is 7.55. The lowest BCUT2D eigenvalue weighted by atomic mass is 9.94. The third-order valence-electron chi connectivity index (χ3n) is 5.35. The van der Waals surface area contributed by atoms with Crippen LogP contribution in [0.15, 0.2) is 72.6 Å². The van der Waals surface area contributed by atoms with E-state index in [1.165, 1.54) is 29.2 Å². The van der Waals surface area contributed by atoms with E-state index in [1.54, 1.807) is 36.7 Å². The molecule has 30 heavy (non-hydrogen) atoms. The van der Waals surface area contributed by atoms with Crippen LogP contribution in [0.2, 0.25) is 0 Å². The van der Waals surface area contributed by atoms with Gasteiger partial charge < -0.3 is 5.11 Å². The first kappa shape index (κ1) is 19.5. The van der Waals surface area contributed by atoms with Crippen LogP contribution in [-0.4, -0.2) is 21.8 Å². The topological polar surface area (TPSA) is 70.5 Å². The summed E-state index contributed by atoms with van der Waals surface area (Å²) in [5, 5.41) is 11.1. The molecule has 1 atom stereocenters. The van der Waals surface area contributed by atoms with Gasteiger partial charge in [-0.25, -0.2) is 4.39 Å². The van der Waals surface area contributed by atoms with Crippen LogP contribution in [0.25, 0.3) is 5.76 Å². The zero-order valence-corrected chi connectivity index (χ0v) is 16.5. The predicted molar refractivity (Wildman–Crippen MR) is 111 cm³/mol. The first-order valence-corrected chi connectivity index (χ1v) is 9.42. The standard InChI is InChI=1S/C24H19FN2O3/c1-14-3-4-17(13-15(14)2)22(28)20-21(16-9-11-26-12-10-16)27(24(30)23(20)29)19-7-5-18(25)6-8-19/h3-13,21,28H,1-2H3/b22-20-. The number of carbonyl (C=O) groups excluding carboxylic acids is 2. The average Bonchev–Trinajstić information content (AvgIpc) is 3.02. The summed E-state index contributed by atoms with van der Waals surface area (Å²) in [5.74, 6) is -2.28. The Bertz CT molecular complexity index is 1170. The van der Waals surface area contributed by atoms with Crippen molar-refractivity contribution in [1.29, 1.82) is 0 Å². The molecule has 150 valence electrons. The number of halogens is 1. The Balaban J connectivity index is 1.94. The minimum atomic E-state index is -0.861. The van der Waals surface area contributed by atoms with Gasteiger partial charge in [-0.2, -0.15) is 0 Å². The highest BCUT2D eigenvalue weighted by Gasteiger charge is 2.46. The number of carbonyl (C=O) groups is 2. The predicted octanol–water partition coefficient (Wildman–Crippen LogP) is 4.46. The number of aryl methyl sites for hydroxylation is 2. The van der Waals surface area contributed by atoms with Gasteiger partial charge in [0.15, 0.2) is 0 Å². The molecule has 1 saturated heterocycles. The van der Waals surface area contributed by atoms with Gasteiger partial charge in [0.2, 0.25) is 0 Å². The lowest BCUT2D eigenvalue weighted by Crippen LogP contribution is -2.29. The number of aliphatic hydroxyl groups is 1. The fraction of sp³-hybridized carbons (Fsp3) is 0.125. The van der Waals surface area contributed by atoms with Crippen LogP contribution in [-0.2, 0) is 9.59 Å². The van der Waals surface area contributed by atoms with E-state index in [9.17, 15) is 19.1 Å². The molecular formula is C24H19FN2O3. The maximum atomic E-state index is 13.4. The second-order valence-corrected chi connectivity index (χ2v) is 7.23. The molecule has 1 aliphatic heterocycles. The Morgan fingerprint density at radius 1 is 0.967 bits per heavy atom. The summed E-state index contributed by atoms with van der Waals surface area (Å²) >= 11 is 0. The molecule has 2 aromatic carbocycles. The summed E-state index contributed by atoms with van der Waals surface area (Å²) in [6, 6.07) is 13.2. The largest absolute Gasteiger partial charge is 0.507 e. The number of pyridine rings is 1. The number of aromatic nitrogens is 1. The van der Waals surface area contributed by atoms with Gasteiger partial charge in [0.1, 0.15) is 11.6 Å². The number of amides is 1. The molecule has 3 aromatic rings. The van der Waals surface area contributed by atoms with Crippen LogP contribution in [0, 0.1) is 19.7 Å². The number of anilines is 1. The van der Waals surface area contributed by atoms with Crippen molar-refractivity contribution >= 4 is 23.1 Å². The molecule has 5 nitrogen and oxygen atoms in total. The van der Waals surface area contributed by atoms with E-state index in [2.05, 4.69) is 4.98 Å². The maximum Gasteiger partial charge on any atom is 0.300 e. The van der Waals surface area contributed by atoms with Gasteiger partial charge in [0, 0.05) is 23.6 Å². The number of Topliss-reactive ketones (excluding diaryl/α,β-unsaturated/α-hetero) is 1. The molecule has 0 aliphatic carbocycles. The molecule has 2 heterocycles. The van der Waals surface area contributed by atoms with Gasteiger partial charge in [0.25, 0.3) is 11.7 Å². The Morgan fingerprint density at radius 2 is 1.63 bits per heavy atom. The molecule has 1 N–H and O–H groups in total. The minimum Gasteiger partial charge on any atom is -0.507 e. The van der Waals surface area contributed by atoms with Gasteiger partial charge in [-0.3, -0.25) is 19.5 Å². The molecular weight excluding hydrogens is 383 g/mol. The quantitative estimate of drug-likeness (QED) is 0.399. The van der Waals surface area contributed by atoms with Gasteiger partial charge in [0.05, 0.1) is 11.6 Å². The van der Waals surface area contributed by atoms with Crippen LogP contribution in [0.5, 0.6) is 0 Å². The highest BCUT2D eigenvalue weighted by Crippen LogP contribution is 2.42. The third kappa shape index (κ3) is 3.26. The van der Waals surface area contributed by atoms with Gasteiger partial charge in [-0.05, 0) is 73.0 Å². The fourth-order valence-electron chi connectivity index (χ4n) is 3.61. The number of hydrogen-bond donors (Lipinski definition) is 1. The molecule has 6 heteroatoms. The Labute approximate surface area is 173 Å². The molecule has 1 aromatic heterocycles. The molecule has 0 radical (unpaired) electrons. The highest BCUT2D eigenvalue weighted by molar-refractivity contribution is 6.51. The zero-order chi connectivity index (χ0) is 21.4. The molecule has 1 fully saturated rings. The lowest BCUT2D eigenvalue weighted by molar-refractivity contribution is -0.132. The summed E-state index contributed by atoms with van der Waals surface area (Å²) in [6.45, 7) is 3.85. The summed E-state index contributed by atoms with van der Waals surface area (Å²) in [7, 11) is 0. The number of ketones is 1. The smallest absolute Gasteiger partial charge is 0.300 e. The van der Waals surface area contributed by atoms with Crippen LogP contribution in [0.1, 0.15) is 28.3 Å². The first-order valence-electron chi connectivity index (χ1n) is 9.42. The van der Waals surface area contributed by atoms with E-state index in [-0.39, 0.29) is 11.3 Å². The van der Waals surface area contributed by atoms with Crippen molar-refractivity contribution in [2.75, 3.05) is 4.90 Å². The number of hydrogen-bond acceptors (Lipinski definition) is 4. The van der Waals surface area contributed by atoms with Crippen LogP contribution in [0.4, 0.5) is 10.1 Å². The van der Waals surface area contributed by atoms with E-state index in [1.807, 2.05) is 19.9 Å². The maximum absolute atomic E-state index is 13.4. The Kier molecular flexibility index (Phi) is 4.91. The normalized spacial score (nSPS) is 18.1. The van der Waals surface area contributed by atoms with E-state index < -0.39 is 23.5 Å². The second-order valence-electron chi connectivity index (χ2n) is 7.23. The van der Waals surface area contributed by atoms with Crippen LogP contribution < -0.4 is 4.90 Å². The number of rotatable bonds is 3. The van der Waals surface area contributed by atoms with Crippen LogP contribution >= 0.6 is 0 Å². The van der Waals surface area contributed by atoms with Crippen molar-refractivity contribution in [2.45, 2.75) is 19.9 Å². The molecule has 0 saturated carbocycles. The summed E-state index contributed by atoms with van der Waals surface area (Å²) in [4.78, 5) is 31.2. The average molecular weight is 402 g/mol. The van der Waals surface area contributed by atoms with E-state index >= 15 is 0 Å². The van der Waals surface area contributed by atoms with Crippen molar-refractivity contribution in [3.8, 4) is 0 Å². The van der Waals surface area contributed by atoms with Crippen molar-refractivity contribution in [3.05, 3.63) is 101 Å². The van der Waals surface area contributed by atoms with Gasteiger partial charge in [-0.1, -0.05) is 12.1 Å². The minimum absolute atomic E-state index is 0.0150. The fourth-order valence-corrected chi connectivity index (χ4v) is 3.61. The van der Waals surface area contributed by atoms with Crippen molar-refractivity contribution < 1.29 is 19.1 Å². The molecule has 1 unspecified atom stereocenters. The molecule has 4 rings (SSSR count). The van der Waals surface area contributed by atoms with E-state index in [4.69, 9.17) is 0 Å². The van der Waals surface area contributed by atoms with Crippen LogP contribution in [0.3, 0.4) is 0 Å². The molecule has 1 aliphatic rings. The summed E-state index contributed by atoms with van der Waals surface area (Å²) < 4.78 is 13.4. The Morgan fingerprint density at radius 3 is 2.27 bits per heavy atom. The van der Waals surface area contributed by atoms with Gasteiger partial charge in [-0.15, -0.1) is 0 Å². The SMILES string of the molecule is Cc1ccc(/C(O)=C2/C(=O)C(=O)N(c3ccc(F)cc3)C2c2ccncc2)cc1C. The Hall–Kier alpha value is -3.80. The van der Waals surface area contributed by atoms with Crippen molar-refractivity contribution in [1.82, 2.24) is 4.98 Å². The summed E-state index contributed by atoms with van der Waals surface area (Å²) in [6.07, 6.45) is 3.10. The lowest BCUT2D eigenvalue weighted by Gasteiger charge is -2.25. The number of nitrogens with zero attached hydrogens (tertiary/aromatic N) is 2. The number of benzene rings is 2. The van der Waals surface area contributed by atoms with Crippen molar-refractivity contribution in [2.24, 2.45) is 0 Å². The monoisotopic (exact) mass is 402 g/mol. The van der Waals surface area contributed by atoms with E-state index in [0.717, 1.165) is 11.1 Å². The highest BCUT2D eigenvalue weighted by atomic mass is 19.1. The molecule has 1 amide bonds. The van der Waals surface area contributed by atoms with Gasteiger partial charge >= 0.3 is 0 Å². The summed E-state index contributed by atoms with van der Waals surface area (Å²) in [5.41, 5.74) is 3.41. The van der Waals surface area contributed by atoms with Crippen molar-refractivity contribution in [3.63, 3.8) is 0 Å². The van der Waals surface area contributed by atoms with E-state index in [0.29, 0.717) is 16.8 Å². The molecule has 0 bridgehead atoms. The zero-order valence-electron chi connectivity index (χ0n) is 16.5. The first-order chi connectivity index (χ1) is 14.4. The number of aliphatic hydroxyl groups excluding tert-OH is 1.